The molecule has 1 aromatic rings. The lowest BCUT2D eigenvalue weighted by atomic mass is 10.3. The first-order valence-corrected chi connectivity index (χ1v) is 8.81. The van der Waals surface area contributed by atoms with Crippen molar-refractivity contribution in [2.75, 3.05) is 13.1 Å². The Bertz CT molecular complexity index is 617. The van der Waals surface area contributed by atoms with Gasteiger partial charge in [0.25, 0.3) is 0 Å². The summed E-state index contributed by atoms with van der Waals surface area (Å²) < 4.78 is 28.2. The van der Waals surface area contributed by atoms with Crippen LogP contribution in [-0.2, 0) is 10.0 Å². The highest BCUT2D eigenvalue weighted by molar-refractivity contribution is 7.89. The Morgan fingerprint density at radius 2 is 2.10 bits per heavy atom. The van der Waals surface area contributed by atoms with Gasteiger partial charge in [0.2, 0.25) is 10.0 Å². The van der Waals surface area contributed by atoms with Crippen molar-refractivity contribution in [3.8, 4) is 0 Å². The number of sulfonamides is 1. The molecule has 1 heterocycles. The molecule has 1 aromatic heterocycles. The maximum Gasteiger partial charge on any atom is 0.352 e. The molecule has 0 atom stereocenters. The minimum atomic E-state index is -3.62. The fourth-order valence-corrected chi connectivity index (χ4v) is 3.87. The largest absolute Gasteiger partial charge is 0.477 e. The number of carbonyl (C=O) groups is 1. The zero-order chi connectivity index (χ0) is 15.6. The first-order chi connectivity index (χ1) is 9.91. The molecule has 1 saturated carbocycles. The Labute approximate surface area is 125 Å². The molecule has 2 rings (SSSR count). The minimum Gasteiger partial charge on any atom is -0.477 e. The van der Waals surface area contributed by atoms with Crippen molar-refractivity contribution in [1.82, 2.24) is 8.87 Å². The maximum absolute atomic E-state index is 12.6. The smallest absolute Gasteiger partial charge is 0.352 e. The van der Waals surface area contributed by atoms with Gasteiger partial charge in [-0.05, 0) is 25.3 Å². The first-order valence-electron chi connectivity index (χ1n) is 7.37. The number of carboxylic acid groups (broad SMARTS) is 1. The van der Waals surface area contributed by atoms with Gasteiger partial charge < -0.3 is 9.67 Å². The molecule has 0 aliphatic heterocycles. The fraction of sp³-hybridized carbons (Fsp3) is 0.643. The van der Waals surface area contributed by atoms with Crippen LogP contribution in [0.4, 0.5) is 0 Å². The van der Waals surface area contributed by atoms with Gasteiger partial charge in [-0.15, -0.1) is 0 Å². The number of rotatable bonds is 8. The van der Waals surface area contributed by atoms with Crippen LogP contribution < -0.4 is 0 Å². The Balaban J connectivity index is 2.35. The molecule has 6 nitrogen and oxygen atoms in total. The molecule has 21 heavy (non-hydrogen) atoms. The van der Waals surface area contributed by atoms with E-state index >= 15 is 0 Å². The Morgan fingerprint density at radius 3 is 2.57 bits per heavy atom. The topological polar surface area (TPSA) is 79.6 Å². The normalized spacial score (nSPS) is 15.6. The zero-order valence-electron chi connectivity index (χ0n) is 12.4. The fourth-order valence-electron chi connectivity index (χ4n) is 2.35. The van der Waals surface area contributed by atoms with Crippen molar-refractivity contribution in [2.45, 2.75) is 50.5 Å². The van der Waals surface area contributed by atoms with Crippen LogP contribution in [0.3, 0.4) is 0 Å². The molecular weight excluding hydrogens is 292 g/mol. The Hall–Kier alpha value is -1.34. The van der Waals surface area contributed by atoms with Crippen molar-refractivity contribution in [1.29, 1.82) is 0 Å². The lowest BCUT2D eigenvalue weighted by molar-refractivity contribution is 0.0685. The highest BCUT2D eigenvalue weighted by Crippen LogP contribution is 2.37. The molecular formula is C14H22N2O4S. The first kappa shape index (κ1) is 16.0. The molecule has 118 valence electrons. The summed E-state index contributed by atoms with van der Waals surface area (Å²) in [6, 6.07) is 1.41. The quantitative estimate of drug-likeness (QED) is 0.798. The van der Waals surface area contributed by atoms with Crippen LogP contribution in [0.1, 0.15) is 56.1 Å². The molecule has 0 saturated heterocycles. The SMILES string of the molecule is CCCCN(CC)S(=O)(=O)c1cc(C(=O)O)n(C2CC2)c1. The molecule has 0 unspecified atom stereocenters. The van der Waals surface area contributed by atoms with Gasteiger partial charge in [0, 0.05) is 25.3 Å². The highest BCUT2D eigenvalue weighted by Gasteiger charge is 2.32. The summed E-state index contributed by atoms with van der Waals surface area (Å²) in [5.74, 6) is -1.08. The number of unbranched alkanes of at least 4 members (excludes halogenated alkanes) is 1. The van der Waals surface area contributed by atoms with Crippen LogP contribution in [0.5, 0.6) is 0 Å². The van der Waals surface area contributed by atoms with Crippen LogP contribution in [0.25, 0.3) is 0 Å². The van der Waals surface area contributed by atoms with Gasteiger partial charge in [0.1, 0.15) is 10.6 Å². The van der Waals surface area contributed by atoms with Crippen molar-refractivity contribution >= 4 is 16.0 Å². The number of nitrogens with zero attached hydrogens (tertiary/aromatic N) is 2. The van der Waals surface area contributed by atoms with E-state index in [4.69, 9.17) is 0 Å². The predicted octanol–water partition coefficient (Wildman–Crippen LogP) is 2.33. The van der Waals surface area contributed by atoms with E-state index in [0.717, 1.165) is 25.7 Å². The lowest BCUT2D eigenvalue weighted by Crippen LogP contribution is -2.31. The van der Waals surface area contributed by atoms with Gasteiger partial charge in [-0.3, -0.25) is 0 Å². The third-order valence-electron chi connectivity index (χ3n) is 3.73. The van der Waals surface area contributed by atoms with Gasteiger partial charge >= 0.3 is 5.97 Å². The summed E-state index contributed by atoms with van der Waals surface area (Å²) in [6.45, 7) is 4.65. The average molecular weight is 314 g/mol. The lowest BCUT2D eigenvalue weighted by Gasteiger charge is -2.19. The van der Waals surface area contributed by atoms with Crippen LogP contribution in [0.15, 0.2) is 17.2 Å². The van der Waals surface area contributed by atoms with Crippen molar-refractivity contribution in [2.24, 2.45) is 0 Å². The van der Waals surface area contributed by atoms with Crippen molar-refractivity contribution < 1.29 is 18.3 Å². The maximum atomic E-state index is 12.6. The molecule has 0 amide bonds. The Morgan fingerprint density at radius 1 is 1.43 bits per heavy atom. The van der Waals surface area contributed by atoms with Gasteiger partial charge in [-0.25, -0.2) is 13.2 Å². The minimum absolute atomic E-state index is 0.0580. The monoisotopic (exact) mass is 314 g/mol. The van der Waals surface area contributed by atoms with Gasteiger partial charge in [-0.2, -0.15) is 4.31 Å². The van der Waals surface area contributed by atoms with Crippen LogP contribution in [0, 0.1) is 0 Å². The van der Waals surface area contributed by atoms with Crippen LogP contribution in [-0.4, -0.2) is 41.5 Å². The van der Waals surface area contributed by atoms with E-state index in [-0.39, 0.29) is 16.6 Å². The van der Waals surface area contributed by atoms with E-state index in [0.29, 0.717) is 13.1 Å². The van der Waals surface area contributed by atoms with E-state index in [1.165, 1.54) is 16.6 Å². The summed E-state index contributed by atoms with van der Waals surface area (Å²) >= 11 is 0. The molecule has 0 radical (unpaired) electrons. The van der Waals surface area contributed by atoms with E-state index in [1.807, 2.05) is 6.92 Å². The predicted molar refractivity (Wildman–Crippen MR) is 79.0 cm³/mol. The number of hydrogen-bond donors (Lipinski definition) is 1. The molecule has 1 fully saturated rings. The number of aromatic carboxylic acids is 1. The van der Waals surface area contributed by atoms with Gasteiger partial charge in [-0.1, -0.05) is 20.3 Å². The average Bonchev–Trinajstić information content (AvgIpc) is 3.17. The molecule has 0 spiro atoms. The zero-order valence-corrected chi connectivity index (χ0v) is 13.3. The van der Waals surface area contributed by atoms with Crippen molar-refractivity contribution in [3.05, 3.63) is 18.0 Å². The third kappa shape index (κ3) is 3.29. The summed E-state index contributed by atoms with van der Waals surface area (Å²) in [5.41, 5.74) is 0.0580. The molecule has 0 aromatic carbocycles. The molecule has 7 heteroatoms. The summed E-state index contributed by atoms with van der Waals surface area (Å²) in [6.07, 6.45) is 4.99. The van der Waals surface area contributed by atoms with E-state index < -0.39 is 16.0 Å². The van der Waals surface area contributed by atoms with Gasteiger partial charge in [0.05, 0.1) is 0 Å². The molecule has 1 N–H and O–H groups in total. The number of aromatic nitrogens is 1. The third-order valence-corrected chi connectivity index (χ3v) is 5.67. The standard InChI is InChI=1S/C14H22N2O4S/c1-3-5-8-15(4-2)21(19,20)12-9-13(14(17)18)16(10-12)11-6-7-11/h9-11H,3-8H2,1-2H3,(H,17,18). The molecule has 0 bridgehead atoms. The number of carboxylic acids is 1. The highest BCUT2D eigenvalue weighted by atomic mass is 32.2. The van der Waals surface area contributed by atoms with E-state index in [1.54, 1.807) is 11.5 Å². The summed E-state index contributed by atoms with van der Waals surface area (Å²) in [5, 5.41) is 9.23. The second-order valence-corrected chi connectivity index (χ2v) is 7.29. The summed E-state index contributed by atoms with van der Waals surface area (Å²) in [4.78, 5) is 11.4. The molecule has 1 aliphatic rings. The second kappa shape index (κ2) is 6.19. The van der Waals surface area contributed by atoms with Crippen LogP contribution >= 0.6 is 0 Å². The van der Waals surface area contributed by atoms with Gasteiger partial charge in [0.15, 0.2) is 0 Å². The second-order valence-electron chi connectivity index (χ2n) is 5.35. The summed E-state index contributed by atoms with van der Waals surface area (Å²) in [7, 11) is -3.62. The van der Waals surface area contributed by atoms with Crippen LogP contribution in [0.2, 0.25) is 0 Å². The Kier molecular flexibility index (Phi) is 4.73. The number of hydrogen-bond acceptors (Lipinski definition) is 3. The van der Waals surface area contributed by atoms with E-state index in [2.05, 4.69) is 0 Å². The van der Waals surface area contributed by atoms with Crippen molar-refractivity contribution in [3.63, 3.8) is 0 Å². The molecule has 1 aliphatic carbocycles. The van der Waals surface area contributed by atoms with E-state index in [9.17, 15) is 18.3 Å².